The Morgan fingerprint density at radius 3 is 2.86 bits per heavy atom. The lowest BCUT2D eigenvalue weighted by Crippen LogP contribution is -2.39. The highest BCUT2D eigenvalue weighted by Gasteiger charge is 2.27. The third kappa shape index (κ3) is 4.50. The molecule has 0 aromatic carbocycles. The summed E-state index contributed by atoms with van der Waals surface area (Å²) in [7, 11) is -0.867. The Hall–Kier alpha value is -1.50. The van der Waals surface area contributed by atoms with Gasteiger partial charge in [0, 0.05) is 32.2 Å². The lowest BCUT2D eigenvalue weighted by Gasteiger charge is -2.22. The molecule has 0 amide bonds. The highest BCUT2D eigenvalue weighted by atomic mass is 32.2. The van der Waals surface area contributed by atoms with E-state index in [2.05, 4.69) is 10.3 Å². The van der Waals surface area contributed by atoms with Crippen LogP contribution in [0, 0.1) is 12.8 Å². The standard InChI is InChI=1S/C15H25N3O3S/c1-4-16-15(17-9-13-6-8-22(19,20)11-13)18(3)10-14-5-7-21-12(14)2/h5,7,13H,4,6,8-11H2,1-3H3,(H,16,17). The predicted octanol–water partition coefficient (Wildman–Crippen LogP) is 1.42. The summed E-state index contributed by atoms with van der Waals surface area (Å²) in [5.74, 6) is 2.41. The van der Waals surface area contributed by atoms with E-state index < -0.39 is 9.84 Å². The van der Waals surface area contributed by atoms with Crippen molar-refractivity contribution in [2.45, 2.75) is 26.8 Å². The molecule has 7 heteroatoms. The fourth-order valence-electron chi connectivity index (χ4n) is 2.61. The van der Waals surface area contributed by atoms with Crippen LogP contribution in [-0.4, -0.2) is 50.9 Å². The normalized spacial score (nSPS) is 21.0. The Morgan fingerprint density at radius 2 is 2.32 bits per heavy atom. The number of furan rings is 1. The van der Waals surface area contributed by atoms with Crippen molar-refractivity contribution in [3.63, 3.8) is 0 Å². The third-order valence-corrected chi connectivity index (χ3v) is 5.73. The van der Waals surface area contributed by atoms with Crippen LogP contribution in [0.3, 0.4) is 0 Å². The fraction of sp³-hybridized carbons (Fsp3) is 0.667. The second kappa shape index (κ2) is 7.17. The average Bonchev–Trinajstić information content (AvgIpc) is 3.00. The maximum Gasteiger partial charge on any atom is 0.193 e. The van der Waals surface area contributed by atoms with Crippen LogP contribution in [0.25, 0.3) is 0 Å². The molecule has 2 heterocycles. The van der Waals surface area contributed by atoms with E-state index >= 15 is 0 Å². The molecule has 0 aliphatic carbocycles. The van der Waals surface area contributed by atoms with Gasteiger partial charge in [0.1, 0.15) is 5.76 Å². The molecule has 1 aliphatic rings. The second-order valence-electron chi connectivity index (χ2n) is 5.82. The van der Waals surface area contributed by atoms with Crippen LogP contribution in [-0.2, 0) is 16.4 Å². The van der Waals surface area contributed by atoms with Crippen LogP contribution < -0.4 is 5.32 Å². The molecule has 6 nitrogen and oxygen atoms in total. The van der Waals surface area contributed by atoms with E-state index in [0.29, 0.717) is 18.8 Å². The summed E-state index contributed by atoms with van der Waals surface area (Å²) in [4.78, 5) is 6.64. The highest BCUT2D eigenvalue weighted by molar-refractivity contribution is 7.91. The lowest BCUT2D eigenvalue weighted by molar-refractivity contribution is 0.460. The van der Waals surface area contributed by atoms with Crippen LogP contribution in [0.1, 0.15) is 24.7 Å². The van der Waals surface area contributed by atoms with Gasteiger partial charge in [-0.05, 0) is 32.3 Å². The van der Waals surface area contributed by atoms with Crippen LogP contribution in [0.2, 0.25) is 0 Å². The Kier molecular flexibility index (Phi) is 5.50. The average molecular weight is 327 g/mol. The minimum absolute atomic E-state index is 0.141. The summed E-state index contributed by atoms with van der Waals surface area (Å²) in [6, 6.07) is 1.96. The maximum absolute atomic E-state index is 11.5. The number of nitrogens with zero attached hydrogens (tertiary/aromatic N) is 2. The van der Waals surface area contributed by atoms with Crippen molar-refractivity contribution in [1.82, 2.24) is 10.2 Å². The van der Waals surface area contributed by atoms with Crippen LogP contribution in [0.4, 0.5) is 0 Å². The zero-order valence-corrected chi connectivity index (χ0v) is 14.3. The molecule has 1 atom stereocenters. The lowest BCUT2D eigenvalue weighted by atomic mass is 10.1. The number of guanidine groups is 1. The summed E-state index contributed by atoms with van der Waals surface area (Å²) >= 11 is 0. The molecule has 1 aromatic heterocycles. The molecule has 0 radical (unpaired) electrons. The van der Waals surface area contributed by atoms with Gasteiger partial charge in [-0.2, -0.15) is 0 Å². The first kappa shape index (κ1) is 16.9. The van der Waals surface area contributed by atoms with Crippen molar-refractivity contribution >= 4 is 15.8 Å². The van der Waals surface area contributed by atoms with E-state index in [1.165, 1.54) is 0 Å². The summed E-state index contributed by atoms with van der Waals surface area (Å²) < 4.78 is 28.3. The first-order valence-electron chi connectivity index (χ1n) is 7.64. The molecule has 1 aliphatic heterocycles. The number of sulfone groups is 1. The van der Waals surface area contributed by atoms with Crippen molar-refractivity contribution in [3.05, 3.63) is 23.7 Å². The van der Waals surface area contributed by atoms with Crippen molar-refractivity contribution in [1.29, 1.82) is 0 Å². The molecule has 1 N–H and O–H groups in total. The molecule has 0 saturated carbocycles. The van der Waals surface area contributed by atoms with Gasteiger partial charge in [0.2, 0.25) is 0 Å². The molecule has 0 spiro atoms. The molecule has 2 rings (SSSR count). The van der Waals surface area contributed by atoms with Gasteiger partial charge in [-0.3, -0.25) is 4.99 Å². The van der Waals surface area contributed by atoms with Crippen molar-refractivity contribution in [2.75, 3.05) is 31.6 Å². The number of nitrogens with one attached hydrogen (secondary N) is 1. The van der Waals surface area contributed by atoms with Crippen molar-refractivity contribution in [2.24, 2.45) is 10.9 Å². The van der Waals surface area contributed by atoms with Crippen LogP contribution >= 0.6 is 0 Å². The Balaban J connectivity index is 1.99. The molecular weight excluding hydrogens is 302 g/mol. The predicted molar refractivity (Wildman–Crippen MR) is 87.7 cm³/mol. The Bertz CT molecular complexity index is 622. The summed E-state index contributed by atoms with van der Waals surface area (Å²) in [5, 5.41) is 3.25. The molecule has 1 aromatic rings. The number of hydrogen-bond donors (Lipinski definition) is 1. The molecule has 1 saturated heterocycles. The number of aliphatic imine (C=N–C) groups is 1. The van der Waals surface area contributed by atoms with Crippen LogP contribution in [0.5, 0.6) is 0 Å². The minimum Gasteiger partial charge on any atom is -0.469 e. The first-order valence-corrected chi connectivity index (χ1v) is 9.46. The van der Waals surface area contributed by atoms with Crippen molar-refractivity contribution in [3.8, 4) is 0 Å². The quantitative estimate of drug-likeness (QED) is 0.654. The molecule has 0 bridgehead atoms. The Morgan fingerprint density at radius 1 is 1.55 bits per heavy atom. The van der Waals surface area contributed by atoms with E-state index in [-0.39, 0.29) is 11.7 Å². The number of hydrogen-bond acceptors (Lipinski definition) is 4. The summed E-state index contributed by atoms with van der Waals surface area (Å²) in [6.45, 7) is 5.99. The number of aryl methyl sites for hydroxylation is 1. The minimum atomic E-state index is -2.84. The van der Waals surface area contributed by atoms with Gasteiger partial charge in [0.05, 0.1) is 17.8 Å². The summed E-state index contributed by atoms with van der Waals surface area (Å²) in [5.41, 5.74) is 1.12. The molecule has 22 heavy (non-hydrogen) atoms. The Labute approximate surface area is 132 Å². The van der Waals surface area contributed by atoms with Crippen molar-refractivity contribution < 1.29 is 12.8 Å². The van der Waals surface area contributed by atoms with Gasteiger partial charge in [0.15, 0.2) is 15.8 Å². The molecule has 1 fully saturated rings. The third-order valence-electron chi connectivity index (χ3n) is 3.90. The van der Waals surface area contributed by atoms with Gasteiger partial charge in [-0.25, -0.2) is 8.42 Å². The van der Waals surface area contributed by atoms with E-state index in [1.807, 2.05) is 31.9 Å². The van der Waals surface area contributed by atoms with E-state index in [0.717, 1.165) is 30.2 Å². The number of rotatable bonds is 5. The largest absolute Gasteiger partial charge is 0.469 e. The first-order chi connectivity index (χ1) is 10.4. The topological polar surface area (TPSA) is 74.9 Å². The van der Waals surface area contributed by atoms with E-state index in [9.17, 15) is 8.42 Å². The summed E-state index contributed by atoms with van der Waals surface area (Å²) in [6.07, 6.45) is 2.40. The van der Waals surface area contributed by atoms with Gasteiger partial charge in [-0.15, -0.1) is 0 Å². The second-order valence-corrected chi connectivity index (χ2v) is 8.05. The zero-order chi connectivity index (χ0) is 16.2. The fourth-order valence-corrected chi connectivity index (χ4v) is 4.46. The monoisotopic (exact) mass is 327 g/mol. The SMILES string of the molecule is CCNC(=NCC1CCS(=O)(=O)C1)N(C)Cc1ccoc1C. The zero-order valence-electron chi connectivity index (χ0n) is 13.5. The molecule has 124 valence electrons. The maximum atomic E-state index is 11.5. The molecular formula is C15H25N3O3S. The van der Waals surface area contributed by atoms with Gasteiger partial charge in [-0.1, -0.05) is 0 Å². The smallest absolute Gasteiger partial charge is 0.193 e. The van der Waals surface area contributed by atoms with Crippen LogP contribution in [0.15, 0.2) is 21.7 Å². The van der Waals surface area contributed by atoms with E-state index in [1.54, 1.807) is 6.26 Å². The van der Waals surface area contributed by atoms with E-state index in [4.69, 9.17) is 4.42 Å². The van der Waals surface area contributed by atoms with Gasteiger partial charge in [0.25, 0.3) is 0 Å². The highest BCUT2D eigenvalue weighted by Crippen LogP contribution is 2.18. The van der Waals surface area contributed by atoms with Gasteiger partial charge >= 0.3 is 0 Å². The molecule has 1 unspecified atom stereocenters. The van der Waals surface area contributed by atoms with Gasteiger partial charge < -0.3 is 14.6 Å².